The van der Waals surface area contributed by atoms with Crippen molar-refractivity contribution in [2.75, 3.05) is 33.3 Å². The van der Waals surface area contributed by atoms with Crippen molar-refractivity contribution in [1.29, 1.82) is 0 Å². The summed E-state index contributed by atoms with van der Waals surface area (Å²) in [7, 11) is 1.68. The number of hydrogen-bond acceptors (Lipinski definition) is 5. The van der Waals surface area contributed by atoms with Crippen molar-refractivity contribution in [3.05, 3.63) is 46.4 Å². The highest BCUT2D eigenvalue weighted by atomic mass is 19.1. The lowest BCUT2D eigenvalue weighted by Gasteiger charge is -2.39. The van der Waals surface area contributed by atoms with Gasteiger partial charge in [-0.2, -0.15) is 0 Å². The summed E-state index contributed by atoms with van der Waals surface area (Å²) in [4.78, 5) is 15.1. The molecule has 0 aliphatic carbocycles. The van der Waals surface area contributed by atoms with Crippen LogP contribution in [0.5, 0.6) is 0 Å². The Hall–Kier alpha value is -1.95. The first kappa shape index (κ1) is 17.4. The van der Waals surface area contributed by atoms with Crippen LogP contribution >= 0.6 is 0 Å². The van der Waals surface area contributed by atoms with Crippen molar-refractivity contribution >= 4 is 5.69 Å². The molecule has 0 radical (unpaired) electrons. The topological polar surface area (TPSA) is 45.1 Å². The maximum absolute atomic E-state index is 14.3. The number of nitrogens with zero attached hydrogens (tertiary/aromatic N) is 3. The molecule has 0 unspecified atom stereocenters. The molecule has 1 aromatic rings. The van der Waals surface area contributed by atoms with Crippen LogP contribution in [-0.2, 0) is 4.74 Å². The van der Waals surface area contributed by atoms with Crippen molar-refractivity contribution in [2.45, 2.75) is 26.3 Å². The number of piperazine rings is 1. The predicted octanol–water partition coefficient (Wildman–Crippen LogP) is 3.80. The minimum Gasteiger partial charge on any atom is -0.483 e. The SMILES string of the molecule is CC/C=C(\OC)N1CCN([C@@H](C)c2cccc(N=O)c2F)CC1. The summed E-state index contributed by atoms with van der Waals surface area (Å²) in [5, 5.41) is 2.75. The van der Waals surface area contributed by atoms with Crippen LogP contribution in [0.15, 0.2) is 35.3 Å². The molecule has 1 atom stereocenters. The first-order valence-electron chi connectivity index (χ1n) is 7.97. The first-order valence-corrected chi connectivity index (χ1v) is 7.97. The maximum atomic E-state index is 14.3. The molecular weight excluding hydrogens is 297 g/mol. The minimum absolute atomic E-state index is 0.0972. The van der Waals surface area contributed by atoms with Crippen molar-refractivity contribution in [1.82, 2.24) is 9.80 Å². The summed E-state index contributed by atoms with van der Waals surface area (Å²) in [5.74, 6) is 0.388. The molecule has 1 heterocycles. The molecule has 1 aliphatic heterocycles. The second-order valence-corrected chi connectivity index (χ2v) is 5.63. The van der Waals surface area contributed by atoms with Crippen LogP contribution in [0.1, 0.15) is 31.9 Å². The van der Waals surface area contributed by atoms with Gasteiger partial charge in [-0.1, -0.05) is 19.1 Å². The molecule has 0 bridgehead atoms. The third kappa shape index (κ3) is 3.88. The molecule has 0 saturated carbocycles. The Morgan fingerprint density at radius 3 is 2.65 bits per heavy atom. The van der Waals surface area contributed by atoms with Gasteiger partial charge in [-0.3, -0.25) is 4.90 Å². The Kier molecular flexibility index (Phi) is 6.10. The standard InChI is InChI=1S/C17H24FN3O2/c1-4-6-16(23-3)21-11-9-20(10-12-21)13(2)14-7-5-8-15(19-22)17(14)18/h5-8,13H,4,9-12H2,1-3H3/b16-6-/t13-/m0/s1. The van der Waals surface area contributed by atoms with E-state index in [0.717, 1.165) is 38.5 Å². The van der Waals surface area contributed by atoms with Gasteiger partial charge in [0.2, 0.25) is 0 Å². The number of nitroso groups, excluding NO2 is 1. The van der Waals surface area contributed by atoms with Crippen LogP contribution in [0.3, 0.4) is 0 Å². The fourth-order valence-electron chi connectivity index (χ4n) is 2.97. The molecule has 0 N–H and O–H groups in total. The van der Waals surface area contributed by atoms with E-state index in [1.807, 2.05) is 6.92 Å². The molecule has 1 fully saturated rings. The molecule has 23 heavy (non-hydrogen) atoms. The summed E-state index contributed by atoms with van der Waals surface area (Å²) in [6, 6.07) is 4.70. The number of halogens is 1. The lowest BCUT2D eigenvalue weighted by Crippen LogP contribution is -2.46. The third-order valence-corrected chi connectivity index (χ3v) is 4.32. The summed E-state index contributed by atoms with van der Waals surface area (Å²) in [6.07, 6.45) is 2.99. The molecule has 6 heteroatoms. The summed E-state index contributed by atoms with van der Waals surface area (Å²) >= 11 is 0. The van der Waals surface area contributed by atoms with Crippen LogP contribution in [0.4, 0.5) is 10.1 Å². The van der Waals surface area contributed by atoms with Gasteiger partial charge in [-0.05, 0) is 30.7 Å². The molecule has 5 nitrogen and oxygen atoms in total. The monoisotopic (exact) mass is 321 g/mol. The van der Waals surface area contributed by atoms with E-state index in [1.54, 1.807) is 19.2 Å². The van der Waals surface area contributed by atoms with E-state index >= 15 is 0 Å². The summed E-state index contributed by atoms with van der Waals surface area (Å²) < 4.78 is 19.7. The van der Waals surface area contributed by atoms with Crippen LogP contribution in [-0.4, -0.2) is 43.1 Å². The van der Waals surface area contributed by atoms with Gasteiger partial charge in [-0.25, -0.2) is 4.39 Å². The van der Waals surface area contributed by atoms with Gasteiger partial charge in [0, 0.05) is 37.8 Å². The normalized spacial score (nSPS) is 17.9. The number of benzene rings is 1. The van der Waals surface area contributed by atoms with Crippen LogP contribution in [0.25, 0.3) is 0 Å². The smallest absolute Gasteiger partial charge is 0.184 e. The van der Waals surface area contributed by atoms with Crippen molar-refractivity contribution in [3.63, 3.8) is 0 Å². The van der Waals surface area contributed by atoms with E-state index < -0.39 is 5.82 Å². The zero-order chi connectivity index (χ0) is 16.8. The van der Waals surface area contributed by atoms with Gasteiger partial charge in [0.15, 0.2) is 11.7 Å². The largest absolute Gasteiger partial charge is 0.483 e. The van der Waals surface area contributed by atoms with Crippen LogP contribution in [0, 0.1) is 10.7 Å². The van der Waals surface area contributed by atoms with Crippen molar-refractivity contribution in [2.24, 2.45) is 5.18 Å². The van der Waals surface area contributed by atoms with Gasteiger partial charge in [0.1, 0.15) is 5.69 Å². The van der Waals surface area contributed by atoms with Crippen LogP contribution < -0.4 is 0 Å². The average molecular weight is 321 g/mol. The molecule has 126 valence electrons. The minimum atomic E-state index is -0.513. The van der Waals surface area contributed by atoms with E-state index in [1.165, 1.54) is 6.07 Å². The molecule has 0 aromatic heterocycles. The molecule has 1 aromatic carbocycles. The fourth-order valence-corrected chi connectivity index (χ4v) is 2.97. The zero-order valence-electron chi connectivity index (χ0n) is 14.0. The number of hydrogen-bond donors (Lipinski definition) is 0. The third-order valence-electron chi connectivity index (χ3n) is 4.32. The molecule has 1 aliphatic rings. The first-order chi connectivity index (χ1) is 11.1. The highest BCUT2D eigenvalue weighted by Gasteiger charge is 2.25. The Bertz CT molecular complexity index is 569. The average Bonchev–Trinajstić information content (AvgIpc) is 2.59. The van der Waals surface area contributed by atoms with E-state index in [9.17, 15) is 9.30 Å². The molecule has 0 spiro atoms. The van der Waals surface area contributed by atoms with Crippen molar-refractivity contribution in [3.8, 4) is 0 Å². The Labute approximate surface area is 136 Å². The number of ether oxygens (including phenoxy) is 1. The van der Waals surface area contributed by atoms with Crippen LogP contribution in [0.2, 0.25) is 0 Å². The molecule has 2 rings (SSSR count). The molecule has 0 amide bonds. The second kappa shape index (κ2) is 8.06. The number of allylic oxidation sites excluding steroid dienone is 1. The van der Waals surface area contributed by atoms with E-state index in [0.29, 0.717) is 5.56 Å². The van der Waals surface area contributed by atoms with E-state index in [2.05, 4.69) is 28.0 Å². The quantitative estimate of drug-likeness (QED) is 0.590. The van der Waals surface area contributed by atoms with Crippen molar-refractivity contribution < 1.29 is 9.13 Å². The number of methoxy groups -OCH3 is 1. The van der Waals surface area contributed by atoms with Gasteiger partial charge >= 0.3 is 0 Å². The summed E-state index contributed by atoms with van der Waals surface area (Å²) in [6.45, 7) is 7.32. The van der Waals surface area contributed by atoms with E-state index in [-0.39, 0.29) is 11.7 Å². The van der Waals surface area contributed by atoms with Gasteiger partial charge < -0.3 is 9.64 Å². The van der Waals surface area contributed by atoms with Gasteiger partial charge in [0.25, 0.3) is 0 Å². The summed E-state index contributed by atoms with van der Waals surface area (Å²) in [5.41, 5.74) is 0.396. The lowest BCUT2D eigenvalue weighted by molar-refractivity contribution is 0.0728. The predicted molar refractivity (Wildman–Crippen MR) is 88.8 cm³/mol. The number of rotatable bonds is 6. The second-order valence-electron chi connectivity index (χ2n) is 5.63. The van der Waals surface area contributed by atoms with Gasteiger partial charge in [0.05, 0.1) is 7.11 Å². The molecular formula is C17H24FN3O2. The Morgan fingerprint density at radius 2 is 2.09 bits per heavy atom. The fraction of sp³-hybridized carbons (Fsp3) is 0.529. The highest BCUT2D eigenvalue weighted by Crippen LogP contribution is 2.29. The Balaban J connectivity index is 2.05. The zero-order valence-corrected chi connectivity index (χ0v) is 14.0. The molecule has 1 saturated heterocycles. The lowest BCUT2D eigenvalue weighted by atomic mass is 10.0. The Morgan fingerprint density at radius 1 is 1.39 bits per heavy atom. The van der Waals surface area contributed by atoms with E-state index in [4.69, 9.17) is 4.74 Å². The van der Waals surface area contributed by atoms with Gasteiger partial charge in [-0.15, -0.1) is 4.91 Å². The maximum Gasteiger partial charge on any atom is 0.184 e. The highest BCUT2D eigenvalue weighted by molar-refractivity contribution is 5.43.